The molecule has 1 unspecified atom stereocenters. The molecule has 1 aliphatic rings. The zero-order valence-corrected chi connectivity index (χ0v) is 11.3. The fourth-order valence-corrected chi connectivity index (χ4v) is 2.72. The van der Waals surface area contributed by atoms with Crippen LogP contribution in [0, 0.1) is 0 Å². The van der Waals surface area contributed by atoms with Crippen molar-refractivity contribution in [3.63, 3.8) is 0 Å². The first-order chi connectivity index (χ1) is 8.74. The summed E-state index contributed by atoms with van der Waals surface area (Å²) >= 11 is 3.42. The van der Waals surface area contributed by atoms with Crippen molar-refractivity contribution in [2.75, 3.05) is 5.32 Å². The third-order valence-electron chi connectivity index (χ3n) is 3.25. The van der Waals surface area contributed by atoms with Crippen molar-refractivity contribution in [1.82, 2.24) is 0 Å². The van der Waals surface area contributed by atoms with Crippen LogP contribution in [0.3, 0.4) is 0 Å². The summed E-state index contributed by atoms with van der Waals surface area (Å²) in [4.78, 5) is 12.0. The summed E-state index contributed by atoms with van der Waals surface area (Å²) in [5, 5.41) is 2.94. The zero-order valence-electron chi connectivity index (χ0n) is 9.69. The van der Waals surface area contributed by atoms with E-state index in [4.69, 9.17) is 0 Å². The second-order valence-corrected chi connectivity index (χ2v) is 5.38. The van der Waals surface area contributed by atoms with Gasteiger partial charge in [0.15, 0.2) is 0 Å². The average molecular weight is 302 g/mol. The fraction of sp³-hybridized carbons (Fsp3) is 0.133. The van der Waals surface area contributed by atoms with Crippen LogP contribution in [0.5, 0.6) is 0 Å². The van der Waals surface area contributed by atoms with Crippen LogP contribution in [-0.2, 0) is 11.2 Å². The molecule has 1 heterocycles. The summed E-state index contributed by atoms with van der Waals surface area (Å²) in [6.45, 7) is 0. The Hall–Kier alpha value is -1.61. The lowest BCUT2D eigenvalue weighted by molar-refractivity contribution is -0.117. The predicted octanol–water partition coefficient (Wildman–Crippen LogP) is 3.73. The third kappa shape index (κ3) is 2.06. The molecule has 0 saturated heterocycles. The molecule has 0 bridgehead atoms. The molecule has 1 N–H and O–H groups in total. The van der Waals surface area contributed by atoms with E-state index in [2.05, 4.69) is 33.4 Å². The molecule has 0 radical (unpaired) electrons. The average Bonchev–Trinajstić information content (AvgIpc) is 2.66. The second-order valence-electron chi connectivity index (χ2n) is 4.46. The van der Waals surface area contributed by atoms with Gasteiger partial charge in [0, 0.05) is 10.2 Å². The van der Waals surface area contributed by atoms with Gasteiger partial charge >= 0.3 is 0 Å². The molecule has 2 aromatic rings. The van der Waals surface area contributed by atoms with E-state index in [0.29, 0.717) is 0 Å². The first-order valence-corrected chi connectivity index (χ1v) is 6.67. The molecule has 0 aliphatic carbocycles. The van der Waals surface area contributed by atoms with Gasteiger partial charge < -0.3 is 5.32 Å². The van der Waals surface area contributed by atoms with E-state index < -0.39 is 0 Å². The molecule has 3 heteroatoms. The van der Waals surface area contributed by atoms with E-state index in [1.807, 2.05) is 36.4 Å². The number of halogens is 1. The Morgan fingerprint density at radius 2 is 1.89 bits per heavy atom. The molecule has 0 saturated carbocycles. The molecule has 0 fully saturated rings. The zero-order chi connectivity index (χ0) is 12.5. The van der Waals surface area contributed by atoms with Crippen molar-refractivity contribution in [3.8, 4) is 0 Å². The number of rotatable bonds is 2. The van der Waals surface area contributed by atoms with Crippen molar-refractivity contribution in [2.45, 2.75) is 12.3 Å². The highest BCUT2D eigenvalue weighted by Crippen LogP contribution is 2.36. The maximum absolute atomic E-state index is 12.0. The van der Waals surface area contributed by atoms with E-state index in [1.165, 1.54) is 5.56 Å². The molecule has 1 aliphatic heterocycles. The van der Waals surface area contributed by atoms with E-state index >= 15 is 0 Å². The highest BCUT2D eigenvalue weighted by molar-refractivity contribution is 9.10. The highest BCUT2D eigenvalue weighted by atomic mass is 79.9. The maximum atomic E-state index is 12.0. The molecule has 2 aromatic carbocycles. The minimum atomic E-state index is -0.0736. The Labute approximate surface area is 114 Å². The van der Waals surface area contributed by atoms with Gasteiger partial charge in [-0.25, -0.2) is 0 Å². The Balaban J connectivity index is 1.93. The highest BCUT2D eigenvalue weighted by Gasteiger charge is 2.30. The third-order valence-corrected chi connectivity index (χ3v) is 3.74. The number of hydrogen-bond acceptors (Lipinski definition) is 1. The topological polar surface area (TPSA) is 29.1 Å². The van der Waals surface area contributed by atoms with Gasteiger partial charge in [0.05, 0.1) is 5.92 Å². The summed E-state index contributed by atoms with van der Waals surface area (Å²) in [5.74, 6) is 0.0162. The van der Waals surface area contributed by atoms with Gasteiger partial charge in [0.25, 0.3) is 0 Å². The summed E-state index contributed by atoms with van der Waals surface area (Å²) in [6.07, 6.45) is 0.751. The van der Waals surface area contributed by atoms with E-state index in [9.17, 15) is 4.79 Å². The van der Waals surface area contributed by atoms with Crippen LogP contribution in [-0.4, -0.2) is 5.91 Å². The summed E-state index contributed by atoms with van der Waals surface area (Å²) in [7, 11) is 0. The van der Waals surface area contributed by atoms with Crippen LogP contribution in [0.15, 0.2) is 53.0 Å². The van der Waals surface area contributed by atoms with Gasteiger partial charge in [-0.05, 0) is 29.7 Å². The Morgan fingerprint density at radius 1 is 1.11 bits per heavy atom. The standard InChI is InChI=1S/C15H12BrNO/c16-11-6-7-12-13(15(18)17-14(12)9-11)8-10-4-2-1-3-5-10/h1-7,9,13H,8H2,(H,17,18). The smallest absolute Gasteiger partial charge is 0.232 e. The predicted molar refractivity (Wildman–Crippen MR) is 75.7 cm³/mol. The maximum Gasteiger partial charge on any atom is 0.232 e. The molecular formula is C15H12BrNO. The number of amides is 1. The lowest BCUT2D eigenvalue weighted by Gasteiger charge is -2.08. The lowest BCUT2D eigenvalue weighted by Crippen LogP contribution is -2.14. The minimum absolute atomic E-state index is 0.0736. The van der Waals surface area contributed by atoms with Crippen LogP contribution in [0.1, 0.15) is 17.0 Å². The van der Waals surface area contributed by atoms with Crippen molar-refractivity contribution in [3.05, 3.63) is 64.1 Å². The first-order valence-electron chi connectivity index (χ1n) is 5.88. The second kappa shape index (κ2) is 4.58. The molecular weight excluding hydrogens is 290 g/mol. The van der Waals surface area contributed by atoms with Crippen molar-refractivity contribution >= 4 is 27.5 Å². The van der Waals surface area contributed by atoms with Crippen LogP contribution < -0.4 is 5.32 Å². The summed E-state index contributed by atoms with van der Waals surface area (Å²) in [5.41, 5.74) is 3.20. The van der Waals surface area contributed by atoms with Gasteiger partial charge in [-0.2, -0.15) is 0 Å². The molecule has 3 rings (SSSR count). The molecule has 0 aromatic heterocycles. The molecule has 1 atom stereocenters. The van der Waals surface area contributed by atoms with Crippen LogP contribution in [0.25, 0.3) is 0 Å². The van der Waals surface area contributed by atoms with Crippen molar-refractivity contribution in [2.24, 2.45) is 0 Å². The van der Waals surface area contributed by atoms with Crippen LogP contribution in [0.2, 0.25) is 0 Å². The largest absolute Gasteiger partial charge is 0.325 e. The SMILES string of the molecule is O=C1Nc2cc(Br)ccc2C1Cc1ccccc1. The summed E-state index contributed by atoms with van der Waals surface area (Å²) in [6, 6.07) is 16.1. The lowest BCUT2D eigenvalue weighted by atomic mass is 9.93. The Bertz CT molecular complexity index is 595. The van der Waals surface area contributed by atoms with Crippen molar-refractivity contribution in [1.29, 1.82) is 0 Å². The Morgan fingerprint density at radius 3 is 2.67 bits per heavy atom. The van der Waals surface area contributed by atoms with Gasteiger partial charge in [-0.1, -0.05) is 52.3 Å². The molecule has 90 valence electrons. The summed E-state index contributed by atoms with van der Waals surface area (Å²) < 4.78 is 0.988. The van der Waals surface area contributed by atoms with E-state index in [1.54, 1.807) is 0 Å². The Kier molecular flexibility index (Phi) is 2.92. The van der Waals surface area contributed by atoms with Gasteiger partial charge in [-0.3, -0.25) is 4.79 Å². The van der Waals surface area contributed by atoms with Gasteiger partial charge in [-0.15, -0.1) is 0 Å². The minimum Gasteiger partial charge on any atom is -0.325 e. The monoisotopic (exact) mass is 301 g/mol. The van der Waals surface area contributed by atoms with Crippen LogP contribution >= 0.6 is 15.9 Å². The molecule has 1 amide bonds. The molecule has 0 spiro atoms. The van der Waals surface area contributed by atoms with E-state index in [0.717, 1.165) is 22.1 Å². The van der Waals surface area contributed by atoms with Gasteiger partial charge in [0.2, 0.25) is 5.91 Å². The normalized spacial score (nSPS) is 17.4. The number of benzene rings is 2. The fourth-order valence-electron chi connectivity index (χ4n) is 2.35. The quantitative estimate of drug-likeness (QED) is 0.900. The number of carbonyl (C=O) groups is 1. The first kappa shape index (κ1) is 11.5. The number of hydrogen-bond donors (Lipinski definition) is 1. The molecule has 18 heavy (non-hydrogen) atoms. The van der Waals surface area contributed by atoms with E-state index in [-0.39, 0.29) is 11.8 Å². The van der Waals surface area contributed by atoms with Crippen molar-refractivity contribution < 1.29 is 4.79 Å². The van der Waals surface area contributed by atoms with Gasteiger partial charge in [0.1, 0.15) is 0 Å². The number of anilines is 1. The number of nitrogens with one attached hydrogen (secondary N) is 1. The van der Waals surface area contributed by atoms with Crippen LogP contribution in [0.4, 0.5) is 5.69 Å². The number of carbonyl (C=O) groups excluding carboxylic acids is 1. The number of fused-ring (bicyclic) bond motifs is 1. The molecule has 2 nitrogen and oxygen atoms in total.